The smallest absolute Gasteiger partial charge is 0.406 e. The molecule has 10 nitrogen and oxygen atoms in total. The van der Waals surface area contributed by atoms with Crippen LogP contribution in [0.3, 0.4) is 0 Å². The Kier molecular flexibility index (Phi) is 6.52. The van der Waals surface area contributed by atoms with Crippen molar-refractivity contribution in [3.8, 4) is 17.0 Å². The summed E-state index contributed by atoms with van der Waals surface area (Å²) >= 11 is 3.26. The van der Waals surface area contributed by atoms with Crippen molar-refractivity contribution >= 4 is 21.7 Å². The Morgan fingerprint density at radius 2 is 2.11 bits per heavy atom. The minimum atomic E-state index is -0.768. The first kappa shape index (κ1) is 24.0. The molecule has 1 aliphatic carbocycles. The molecule has 36 heavy (non-hydrogen) atoms. The predicted octanol–water partition coefficient (Wildman–Crippen LogP) is 5.36. The van der Waals surface area contributed by atoms with Gasteiger partial charge in [0.05, 0.1) is 22.3 Å². The second-order valence-electron chi connectivity index (χ2n) is 8.82. The number of rotatable bonds is 9. The summed E-state index contributed by atoms with van der Waals surface area (Å²) in [5.74, 6) is 0.402. The maximum Gasteiger partial charge on any atom is 0.406 e. The van der Waals surface area contributed by atoms with Crippen LogP contribution in [0.4, 0.5) is 10.2 Å². The number of aryl methyl sites for hydroxylation is 1. The molecule has 0 saturated heterocycles. The van der Waals surface area contributed by atoms with Crippen molar-refractivity contribution in [2.24, 2.45) is 13.0 Å². The number of ether oxygens (including phenoxy) is 1. The number of hydrogen-bond acceptors (Lipinski definition) is 8. The van der Waals surface area contributed by atoms with Crippen molar-refractivity contribution < 1.29 is 18.6 Å². The summed E-state index contributed by atoms with van der Waals surface area (Å²) < 4.78 is 26.3. The number of pyridine rings is 1. The van der Waals surface area contributed by atoms with E-state index in [2.05, 4.69) is 36.3 Å². The highest BCUT2D eigenvalue weighted by molar-refractivity contribution is 9.10. The first-order valence-electron chi connectivity index (χ1n) is 11.4. The molecule has 0 amide bonds. The molecule has 1 atom stereocenters. The fourth-order valence-corrected chi connectivity index (χ4v) is 4.38. The standard InChI is InChI=1S/C24H22BrFN6O4/c1-13(35-22-8-15(25)12-27-24(22)32(33)34)20-9-16(26)5-6-19(20)23-21(28-31(2)29-23)11-18-10-17(30-36-18)7-14-3-4-14/h5-6,8-10,12-14H,3-4,7,11H2,1-2H3/t13-/m1/s1. The summed E-state index contributed by atoms with van der Waals surface area (Å²) in [6.07, 6.45) is 4.26. The Hall–Kier alpha value is -3.67. The number of halogens is 2. The lowest BCUT2D eigenvalue weighted by atomic mass is 9.98. The van der Waals surface area contributed by atoms with Crippen LogP contribution < -0.4 is 4.74 Å². The quantitative estimate of drug-likeness (QED) is 0.199. The molecular weight excluding hydrogens is 535 g/mol. The Balaban J connectivity index is 1.47. The van der Waals surface area contributed by atoms with Crippen LogP contribution in [0.15, 0.2) is 45.5 Å². The lowest BCUT2D eigenvalue weighted by Gasteiger charge is -2.18. The minimum absolute atomic E-state index is 0.0405. The fourth-order valence-electron chi connectivity index (χ4n) is 4.07. The van der Waals surface area contributed by atoms with Crippen molar-refractivity contribution in [2.45, 2.75) is 38.7 Å². The first-order chi connectivity index (χ1) is 17.3. The summed E-state index contributed by atoms with van der Waals surface area (Å²) in [6.45, 7) is 1.68. The molecule has 5 rings (SSSR count). The van der Waals surface area contributed by atoms with Crippen LogP contribution in [0.2, 0.25) is 0 Å². The zero-order valence-electron chi connectivity index (χ0n) is 19.5. The Bertz CT molecular complexity index is 1430. The lowest BCUT2D eigenvalue weighted by Crippen LogP contribution is -2.08. The van der Waals surface area contributed by atoms with Gasteiger partial charge in [0.2, 0.25) is 5.75 Å². The summed E-state index contributed by atoms with van der Waals surface area (Å²) in [4.78, 5) is 16.1. The van der Waals surface area contributed by atoms with E-state index in [0.29, 0.717) is 45.1 Å². The third kappa shape index (κ3) is 5.27. The maximum atomic E-state index is 14.4. The summed E-state index contributed by atoms with van der Waals surface area (Å²) in [5.41, 5.74) is 3.13. The van der Waals surface area contributed by atoms with Gasteiger partial charge in [0.1, 0.15) is 23.4 Å². The van der Waals surface area contributed by atoms with Crippen molar-refractivity contribution in [3.63, 3.8) is 0 Å². The van der Waals surface area contributed by atoms with Gasteiger partial charge in [-0.2, -0.15) is 15.0 Å². The zero-order chi connectivity index (χ0) is 25.4. The van der Waals surface area contributed by atoms with Crippen LogP contribution in [0, 0.1) is 21.8 Å². The second-order valence-corrected chi connectivity index (χ2v) is 9.73. The summed E-state index contributed by atoms with van der Waals surface area (Å²) in [6, 6.07) is 7.66. The van der Waals surface area contributed by atoms with Crippen molar-refractivity contribution in [3.05, 3.63) is 79.6 Å². The number of nitrogens with zero attached hydrogens (tertiary/aromatic N) is 6. The van der Waals surface area contributed by atoms with E-state index >= 15 is 0 Å². The molecule has 3 heterocycles. The summed E-state index contributed by atoms with van der Waals surface area (Å²) in [7, 11) is 1.70. The fraction of sp³-hybridized carbons (Fsp3) is 0.333. The number of nitro groups is 1. The third-order valence-electron chi connectivity index (χ3n) is 5.91. The van der Waals surface area contributed by atoms with Crippen molar-refractivity contribution in [1.29, 1.82) is 0 Å². The van der Waals surface area contributed by atoms with Crippen LogP contribution in [0.25, 0.3) is 11.3 Å². The monoisotopic (exact) mass is 556 g/mol. The van der Waals surface area contributed by atoms with E-state index in [4.69, 9.17) is 9.26 Å². The largest absolute Gasteiger partial charge is 0.478 e. The third-order valence-corrected chi connectivity index (χ3v) is 6.34. The van der Waals surface area contributed by atoms with Gasteiger partial charge < -0.3 is 19.4 Å². The normalized spacial score (nSPS) is 14.1. The first-order valence-corrected chi connectivity index (χ1v) is 12.2. The molecule has 1 fully saturated rings. The summed E-state index contributed by atoms with van der Waals surface area (Å²) in [5, 5.41) is 24.6. The van der Waals surface area contributed by atoms with E-state index in [1.165, 1.54) is 42.0 Å². The Labute approximate surface area is 213 Å². The minimum Gasteiger partial charge on any atom is -0.478 e. The molecular formula is C24H22BrFN6O4. The van der Waals surface area contributed by atoms with E-state index in [1.807, 2.05) is 6.07 Å². The zero-order valence-corrected chi connectivity index (χ0v) is 21.1. The molecule has 3 aromatic heterocycles. The molecule has 0 aliphatic heterocycles. The number of aromatic nitrogens is 5. The van der Waals surface area contributed by atoms with Crippen LogP contribution in [-0.4, -0.2) is 30.1 Å². The topological polar surface area (TPSA) is 122 Å². The van der Waals surface area contributed by atoms with Gasteiger partial charge in [0.25, 0.3) is 0 Å². The van der Waals surface area contributed by atoms with Gasteiger partial charge in [-0.1, -0.05) is 5.16 Å². The highest BCUT2D eigenvalue weighted by Crippen LogP contribution is 2.36. The van der Waals surface area contributed by atoms with Gasteiger partial charge in [-0.3, -0.25) is 0 Å². The van der Waals surface area contributed by atoms with Gasteiger partial charge >= 0.3 is 5.82 Å². The number of hydrogen-bond donors (Lipinski definition) is 0. The molecule has 0 radical (unpaired) electrons. The molecule has 186 valence electrons. The van der Waals surface area contributed by atoms with E-state index in [0.717, 1.165) is 12.1 Å². The predicted molar refractivity (Wildman–Crippen MR) is 130 cm³/mol. The van der Waals surface area contributed by atoms with E-state index in [1.54, 1.807) is 20.0 Å². The van der Waals surface area contributed by atoms with Gasteiger partial charge in [0, 0.05) is 30.3 Å². The average molecular weight is 557 g/mol. The van der Waals surface area contributed by atoms with Crippen molar-refractivity contribution in [1.82, 2.24) is 25.1 Å². The lowest BCUT2D eigenvalue weighted by molar-refractivity contribution is -0.390. The van der Waals surface area contributed by atoms with Crippen LogP contribution >= 0.6 is 15.9 Å². The molecule has 1 saturated carbocycles. The molecule has 0 spiro atoms. The average Bonchev–Trinajstić information content (AvgIpc) is 3.41. The van der Waals surface area contributed by atoms with E-state index in [9.17, 15) is 14.5 Å². The van der Waals surface area contributed by atoms with Gasteiger partial charge in [-0.15, -0.1) is 0 Å². The molecule has 0 N–H and O–H groups in total. The Morgan fingerprint density at radius 1 is 1.31 bits per heavy atom. The van der Waals surface area contributed by atoms with Crippen LogP contribution in [-0.2, 0) is 19.9 Å². The molecule has 12 heteroatoms. The van der Waals surface area contributed by atoms with Gasteiger partial charge in [0.15, 0.2) is 6.20 Å². The Morgan fingerprint density at radius 3 is 2.86 bits per heavy atom. The van der Waals surface area contributed by atoms with E-state index in [-0.39, 0.29) is 5.75 Å². The highest BCUT2D eigenvalue weighted by Gasteiger charge is 2.26. The van der Waals surface area contributed by atoms with Crippen molar-refractivity contribution in [2.75, 3.05) is 0 Å². The van der Waals surface area contributed by atoms with Crippen LogP contribution in [0.1, 0.15) is 48.6 Å². The second kappa shape index (κ2) is 9.76. The number of benzene rings is 1. The van der Waals surface area contributed by atoms with Crippen LogP contribution in [0.5, 0.6) is 5.75 Å². The van der Waals surface area contributed by atoms with Gasteiger partial charge in [-0.25, -0.2) is 4.39 Å². The molecule has 0 unspecified atom stereocenters. The highest BCUT2D eigenvalue weighted by atomic mass is 79.9. The molecule has 4 aromatic rings. The SMILES string of the molecule is C[C@@H](Oc1cc(Br)cnc1[N+](=O)[O-])c1cc(F)ccc1-c1nn(C)nc1Cc1cc(CC2CC2)no1. The molecule has 1 aromatic carbocycles. The maximum absolute atomic E-state index is 14.4. The molecule has 0 bridgehead atoms. The van der Waals surface area contributed by atoms with E-state index < -0.39 is 22.7 Å². The molecule has 1 aliphatic rings. The van der Waals surface area contributed by atoms with Gasteiger partial charge in [-0.05, 0) is 76.1 Å².